The second-order valence-electron chi connectivity index (χ2n) is 6.46. The highest BCUT2D eigenvalue weighted by Gasteiger charge is 2.12. The summed E-state index contributed by atoms with van der Waals surface area (Å²) < 4.78 is 1.58. The number of benzene rings is 1. The van der Waals surface area contributed by atoms with Crippen LogP contribution in [0.15, 0.2) is 41.3 Å². The fourth-order valence-electron chi connectivity index (χ4n) is 3.01. The molecule has 27 heavy (non-hydrogen) atoms. The molecule has 0 unspecified atom stereocenters. The lowest BCUT2D eigenvalue weighted by Crippen LogP contribution is -2.23. The molecule has 0 aliphatic carbocycles. The Morgan fingerprint density at radius 1 is 1.37 bits per heavy atom. The summed E-state index contributed by atoms with van der Waals surface area (Å²) in [5.41, 5.74) is 3.46. The molecule has 0 saturated carbocycles. The second-order valence-corrected chi connectivity index (χ2v) is 6.82. The van der Waals surface area contributed by atoms with Crippen molar-refractivity contribution in [3.8, 4) is 6.07 Å². The number of fused-ring (bicyclic) bond motifs is 1. The first-order valence-electron chi connectivity index (χ1n) is 8.48. The molecule has 0 amide bonds. The summed E-state index contributed by atoms with van der Waals surface area (Å²) in [7, 11) is 1.72. The zero-order chi connectivity index (χ0) is 19.6. The molecule has 138 valence electrons. The number of aliphatic hydroxyl groups is 1. The predicted octanol–water partition coefficient (Wildman–Crippen LogP) is 2.84. The third-order valence-corrected chi connectivity index (χ3v) is 4.77. The number of hydrogen-bond donors (Lipinski definition) is 2. The Labute approximate surface area is 161 Å². The second kappa shape index (κ2) is 7.78. The van der Waals surface area contributed by atoms with Crippen molar-refractivity contribution < 1.29 is 5.11 Å². The van der Waals surface area contributed by atoms with E-state index in [1.165, 1.54) is 6.07 Å². The highest BCUT2D eigenvalue weighted by Crippen LogP contribution is 2.26. The Hall–Kier alpha value is -2.88. The van der Waals surface area contributed by atoms with Gasteiger partial charge in [0.1, 0.15) is 11.2 Å². The highest BCUT2D eigenvalue weighted by molar-refractivity contribution is 6.30. The quantitative estimate of drug-likeness (QED) is 0.662. The number of pyridine rings is 2. The van der Waals surface area contributed by atoms with Crippen LogP contribution in [-0.2, 0) is 13.5 Å². The van der Waals surface area contributed by atoms with Gasteiger partial charge in [0.2, 0.25) is 0 Å². The van der Waals surface area contributed by atoms with Crippen LogP contribution in [0.25, 0.3) is 10.9 Å². The maximum atomic E-state index is 12.2. The van der Waals surface area contributed by atoms with Gasteiger partial charge in [0.15, 0.2) is 0 Å². The van der Waals surface area contributed by atoms with E-state index in [4.69, 9.17) is 11.6 Å². The van der Waals surface area contributed by atoms with Crippen LogP contribution in [0.1, 0.15) is 23.6 Å². The maximum Gasteiger partial charge on any atom is 0.252 e. The fraction of sp³-hybridized carbons (Fsp3) is 0.250. The van der Waals surface area contributed by atoms with Crippen LogP contribution >= 0.6 is 11.6 Å². The Bertz CT molecular complexity index is 1100. The summed E-state index contributed by atoms with van der Waals surface area (Å²) in [6.07, 6.45) is 2.10. The van der Waals surface area contributed by atoms with E-state index in [1.54, 1.807) is 23.9 Å². The van der Waals surface area contributed by atoms with Crippen LogP contribution in [0.4, 0.5) is 5.69 Å². The molecule has 0 spiro atoms. The van der Waals surface area contributed by atoms with Gasteiger partial charge in [-0.05, 0) is 42.7 Å². The van der Waals surface area contributed by atoms with Gasteiger partial charge in [-0.2, -0.15) is 5.26 Å². The molecule has 3 aromatic rings. The van der Waals surface area contributed by atoms with Crippen molar-refractivity contribution in [2.24, 2.45) is 7.05 Å². The first-order valence-corrected chi connectivity index (χ1v) is 8.86. The summed E-state index contributed by atoms with van der Waals surface area (Å²) in [4.78, 5) is 16.2. The van der Waals surface area contributed by atoms with Gasteiger partial charge in [0.05, 0.1) is 17.7 Å². The zero-order valence-corrected chi connectivity index (χ0v) is 15.8. The van der Waals surface area contributed by atoms with Crippen LogP contribution in [0.5, 0.6) is 0 Å². The normalized spacial score (nSPS) is 12.0. The molecule has 2 N–H and O–H groups in total. The van der Waals surface area contributed by atoms with Gasteiger partial charge in [-0.3, -0.25) is 4.79 Å². The van der Waals surface area contributed by atoms with Gasteiger partial charge >= 0.3 is 0 Å². The molecule has 0 radical (unpaired) electrons. The largest absolute Gasteiger partial charge is 0.394 e. The molecule has 0 bridgehead atoms. The zero-order valence-electron chi connectivity index (χ0n) is 15.0. The van der Waals surface area contributed by atoms with Crippen LogP contribution in [0, 0.1) is 11.3 Å². The molecule has 2 heterocycles. The Kier molecular flexibility index (Phi) is 5.45. The Balaban J connectivity index is 2.10. The first kappa shape index (κ1) is 18.9. The summed E-state index contributed by atoms with van der Waals surface area (Å²) >= 11 is 6.02. The standard InChI is InChI=1S/C20H19ClN4O2/c1-12(11-26)24-17-9-19(27)25(2)18-4-3-13(8-15(17)18)7-14-5-6-23-20(21)16(14)10-22/h3-6,8-9,12,24,26H,7,11H2,1-2H3/t12-/m0/s1. The Morgan fingerprint density at radius 3 is 2.85 bits per heavy atom. The molecule has 3 rings (SSSR count). The molecule has 0 fully saturated rings. The molecule has 1 atom stereocenters. The highest BCUT2D eigenvalue weighted by atomic mass is 35.5. The number of aliphatic hydroxyl groups excluding tert-OH is 1. The number of halogens is 1. The molecule has 1 aromatic carbocycles. The first-order chi connectivity index (χ1) is 12.9. The molecule has 2 aromatic heterocycles. The number of nitriles is 1. The molecule has 0 aliphatic rings. The predicted molar refractivity (Wildman–Crippen MR) is 106 cm³/mol. The van der Waals surface area contributed by atoms with Gasteiger partial charge in [-0.25, -0.2) is 4.98 Å². The molecular formula is C20H19ClN4O2. The van der Waals surface area contributed by atoms with Crippen molar-refractivity contribution in [2.75, 3.05) is 11.9 Å². The molecule has 7 heteroatoms. The number of aryl methyl sites for hydroxylation is 1. The van der Waals surface area contributed by atoms with E-state index in [0.29, 0.717) is 17.7 Å². The molecule has 0 saturated heterocycles. The third kappa shape index (κ3) is 3.80. The van der Waals surface area contributed by atoms with Crippen molar-refractivity contribution in [1.29, 1.82) is 5.26 Å². The third-order valence-electron chi connectivity index (χ3n) is 4.48. The van der Waals surface area contributed by atoms with Gasteiger partial charge in [-0.15, -0.1) is 0 Å². The smallest absolute Gasteiger partial charge is 0.252 e. The van der Waals surface area contributed by atoms with Gasteiger partial charge in [-0.1, -0.05) is 17.7 Å². The number of nitrogens with one attached hydrogen (secondary N) is 1. The van der Waals surface area contributed by atoms with E-state index in [1.807, 2.05) is 25.1 Å². The van der Waals surface area contributed by atoms with Crippen LogP contribution < -0.4 is 10.9 Å². The van der Waals surface area contributed by atoms with Gasteiger partial charge < -0.3 is 15.0 Å². The summed E-state index contributed by atoms with van der Waals surface area (Å²) in [6.45, 7) is 1.79. The topological polar surface area (TPSA) is 90.9 Å². The summed E-state index contributed by atoms with van der Waals surface area (Å²) in [6, 6.07) is 11.0. The van der Waals surface area contributed by atoms with E-state index in [-0.39, 0.29) is 23.4 Å². The molecular weight excluding hydrogens is 364 g/mol. The minimum absolute atomic E-state index is 0.0442. The average molecular weight is 383 g/mol. The van der Waals surface area contributed by atoms with E-state index in [9.17, 15) is 15.2 Å². The minimum Gasteiger partial charge on any atom is -0.394 e. The van der Waals surface area contributed by atoms with Crippen LogP contribution in [0.3, 0.4) is 0 Å². The van der Waals surface area contributed by atoms with Crippen LogP contribution in [0.2, 0.25) is 5.15 Å². The molecule has 0 aliphatic heterocycles. The van der Waals surface area contributed by atoms with Crippen molar-refractivity contribution >= 4 is 28.2 Å². The van der Waals surface area contributed by atoms with Gasteiger partial charge in [0.25, 0.3) is 5.56 Å². The van der Waals surface area contributed by atoms with Crippen molar-refractivity contribution in [3.63, 3.8) is 0 Å². The van der Waals surface area contributed by atoms with E-state index >= 15 is 0 Å². The number of aromatic nitrogens is 2. The summed E-state index contributed by atoms with van der Waals surface area (Å²) in [5.74, 6) is 0. The lowest BCUT2D eigenvalue weighted by atomic mass is 10.00. The minimum atomic E-state index is -0.187. The number of hydrogen-bond acceptors (Lipinski definition) is 5. The number of rotatable bonds is 5. The van der Waals surface area contributed by atoms with Crippen LogP contribution in [-0.4, -0.2) is 27.3 Å². The summed E-state index contributed by atoms with van der Waals surface area (Å²) in [5, 5.41) is 22.9. The van der Waals surface area contributed by atoms with Crippen molar-refractivity contribution in [2.45, 2.75) is 19.4 Å². The average Bonchev–Trinajstić information content (AvgIpc) is 2.66. The lowest BCUT2D eigenvalue weighted by molar-refractivity contribution is 0.281. The molecule has 6 nitrogen and oxygen atoms in total. The SMILES string of the molecule is C[C@@H](CO)Nc1cc(=O)n(C)c2ccc(Cc3ccnc(Cl)c3C#N)cc12. The van der Waals surface area contributed by atoms with E-state index in [2.05, 4.69) is 16.4 Å². The van der Waals surface area contributed by atoms with Crippen molar-refractivity contribution in [1.82, 2.24) is 9.55 Å². The van der Waals surface area contributed by atoms with E-state index < -0.39 is 0 Å². The van der Waals surface area contributed by atoms with E-state index in [0.717, 1.165) is 22.0 Å². The monoisotopic (exact) mass is 382 g/mol. The fourth-order valence-corrected chi connectivity index (χ4v) is 3.23. The number of anilines is 1. The maximum absolute atomic E-state index is 12.2. The van der Waals surface area contributed by atoms with Crippen molar-refractivity contribution in [3.05, 3.63) is 68.7 Å². The Morgan fingerprint density at radius 2 is 2.15 bits per heavy atom. The number of nitrogens with zero attached hydrogens (tertiary/aromatic N) is 3. The lowest BCUT2D eigenvalue weighted by Gasteiger charge is -2.17. The van der Waals surface area contributed by atoms with Gasteiger partial charge in [0, 0.05) is 36.4 Å².